The molecule has 2 rings (SSSR count). The number of rotatable bonds is 3. The molecule has 1 aromatic carbocycles. The van der Waals surface area contributed by atoms with Crippen molar-refractivity contribution in [3.05, 3.63) is 29.3 Å². The SMILES string of the molecule is CC(C)(C)OC(=O)N1CCN(c2cc(F)c(CCN)c(F)c2)CC1. The molecule has 0 bridgehead atoms. The molecule has 0 spiro atoms. The minimum Gasteiger partial charge on any atom is -0.444 e. The normalized spacial score (nSPS) is 15.6. The van der Waals surface area contributed by atoms with E-state index in [0.29, 0.717) is 31.9 Å². The summed E-state index contributed by atoms with van der Waals surface area (Å²) in [4.78, 5) is 15.5. The molecule has 24 heavy (non-hydrogen) atoms. The van der Waals surface area contributed by atoms with Crippen LogP contribution in [0.3, 0.4) is 0 Å². The molecule has 0 aliphatic carbocycles. The third-order valence-electron chi connectivity index (χ3n) is 3.82. The molecular formula is C17H25F2N3O2. The summed E-state index contributed by atoms with van der Waals surface area (Å²) in [6, 6.07) is 2.66. The van der Waals surface area contributed by atoms with Crippen molar-refractivity contribution < 1.29 is 18.3 Å². The van der Waals surface area contributed by atoms with E-state index in [0.717, 1.165) is 0 Å². The lowest BCUT2D eigenvalue weighted by molar-refractivity contribution is 0.0240. The summed E-state index contributed by atoms with van der Waals surface area (Å²) in [5.41, 5.74) is 5.33. The Kier molecular flexibility index (Phi) is 5.64. The van der Waals surface area contributed by atoms with Crippen molar-refractivity contribution in [2.24, 2.45) is 5.73 Å². The van der Waals surface area contributed by atoms with Crippen molar-refractivity contribution >= 4 is 11.8 Å². The van der Waals surface area contributed by atoms with Crippen LogP contribution in [-0.2, 0) is 11.2 Å². The number of amides is 1. The Bertz CT molecular complexity index is 571. The third kappa shape index (κ3) is 4.56. The first-order valence-electron chi connectivity index (χ1n) is 8.12. The van der Waals surface area contributed by atoms with Crippen molar-refractivity contribution in [1.82, 2.24) is 4.90 Å². The Labute approximate surface area is 141 Å². The van der Waals surface area contributed by atoms with Crippen LogP contribution in [0.2, 0.25) is 0 Å². The van der Waals surface area contributed by atoms with Gasteiger partial charge in [0.2, 0.25) is 0 Å². The maximum absolute atomic E-state index is 14.0. The second kappa shape index (κ2) is 7.34. The maximum atomic E-state index is 14.0. The fraction of sp³-hybridized carbons (Fsp3) is 0.588. The summed E-state index contributed by atoms with van der Waals surface area (Å²) in [5, 5.41) is 0. The van der Waals surface area contributed by atoms with Gasteiger partial charge in [-0.3, -0.25) is 0 Å². The molecule has 1 aliphatic rings. The number of hydrogen-bond donors (Lipinski definition) is 1. The first kappa shape index (κ1) is 18.4. The summed E-state index contributed by atoms with van der Waals surface area (Å²) >= 11 is 0. The lowest BCUT2D eigenvalue weighted by atomic mass is 10.1. The highest BCUT2D eigenvalue weighted by Crippen LogP contribution is 2.24. The highest BCUT2D eigenvalue weighted by Gasteiger charge is 2.26. The van der Waals surface area contributed by atoms with Crippen LogP contribution in [0, 0.1) is 11.6 Å². The average Bonchev–Trinajstić information content (AvgIpc) is 2.49. The van der Waals surface area contributed by atoms with Gasteiger partial charge in [-0.05, 0) is 45.9 Å². The van der Waals surface area contributed by atoms with Gasteiger partial charge >= 0.3 is 6.09 Å². The van der Waals surface area contributed by atoms with Crippen molar-refractivity contribution in [3.8, 4) is 0 Å². The molecule has 134 valence electrons. The molecule has 1 heterocycles. The molecule has 1 fully saturated rings. The predicted molar refractivity (Wildman–Crippen MR) is 89.1 cm³/mol. The minimum atomic E-state index is -0.579. The summed E-state index contributed by atoms with van der Waals surface area (Å²) < 4.78 is 33.4. The second-order valence-electron chi connectivity index (χ2n) is 6.88. The van der Waals surface area contributed by atoms with E-state index in [1.807, 2.05) is 25.7 Å². The van der Waals surface area contributed by atoms with Crippen LogP contribution < -0.4 is 10.6 Å². The monoisotopic (exact) mass is 341 g/mol. The molecule has 5 nitrogen and oxygen atoms in total. The van der Waals surface area contributed by atoms with E-state index in [2.05, 4.69) is 0 Å². The quantitative estimate of drug-likeness (QED) is 0.918. The zero-order chi connectivity index (χ0) is 17.9. The Morgan fingerprint density at radius 3 is 2.17 bits per heavy atom. The molecule has 1 aliphatic heterocycles. The largest absolute Gasteiger partial charge is 0.444 e. The molecule has 1 aromatic rings. The van der Waals surface area contributed by atoms with Crippen LogP contribution in [0.25, 0.3) is 0 Å². The van der Waals surface area contributed by atoms with Gasteiger partial charge in [-0.25, -0.2) is 13.6 Å². The lowest BCUT2D eigenvalue weighted by Crippen LogP contribution is -2.50. The molecule has 1 amide bonds. The summed E-state index contributed by atoms with van der Waals surface area (Å²) in [6.45, 7) is 7.52. The molecule has 0 unspecified atom stereocenters. The summed E-state index contributed by atoms with van der Waals surface area (Å²) in [6.07, 6.45) is -0.192. The Morgan fingerprint density at radius 1 is 1.17 bits per heavy atom. The van der Waals surface area contributed by atoms with Crippen LogP contribution >= 0.6 is 0 Å². The van der Waals surface area contributed by atoms with Crippen LogP contribution in [0.4, 0.5) is 19.3 Å². The molecule has 2 N–H and O–H groups in total. The number of halogens is 2. The van der Waals surface area contributed by atoms with E-state index in [9.17, 15) is 13.6 Å². The maximum Gasteiger partial charge on any atom is 0.410 e. The standard InChI is InChI=1S/C17H25F2N3O2/c1-17(2,3)24-16(23)22-8-6-21(7-9-22)12-10-14(18)13(4-5-20)15(19)11-12/h10-11H,4-9,20H2,1-3H3. The van der Waals surface area contributed by atoms with E-state index in [4.69, 9.17) is 10.5 Å². The number of nitrogens with two attached hydrogens (primary N) is 1. The number of benzene rings is 1. The summed E-state index contributed by atoms with van der Waals surface area (Å²) in [7, 11) is 0. The average molecular weight is 341 g/mol. The van der Waals surface area contributed by atoms with Gasteiger partial charge in [0, 0.05) is 37.4 Å². The molecule has 0 aromatic heterocycles. The number of carbonyl (C=O) groups excluding carboxylic acids is 1. The van der Waals surface area contributed by atoms with E-state index in [1.165, 1.54) is 12.1 Å². The van der Waals surface area contributed by atoms with Gasteiger partial charge in [0.15, 0.2) is 0 Å². The lowest BCUT2D eigenvalue weighted by Gasteiger charge is -2.36. The zero-order valence-corrected chi connectivity index (χ0v) is 14.4. The number of carbonyl (C=O) groups is 1. The highest BCUT2D eigenvalue weighted by atomic mass is 19.1. The molecule has 0 radical (unpaired) electrons. The molecule has 1 saturated heterocycles. The molecule has 0 saturated carbocycles. The number of anilines is 1. The predicted octanol–water partition coefficient (Wildman–Crippen LogP) is 2.52. The zero-order valence-electron chi connectivity index (χ0n) is 14.4. The minimum absolute atomic E-state index is 0.0219. The smallest absolute Gasteiger partial charge is 0.410 e. The van der Waals surface area contributed by atoms with Gasteiger partial charge in [-0.2, -0.15) is 0 Å². The Hall–Kier alpha value is -1.89. The van der Waals surface area contributed by atoms with E-state index >= 15 is 0 Å². The van der Waals surface area contributed by atoms with Crippen molar-refractivity contribution in [2.45, 2.75) is 32.8 Å². The van der Waals surface area contributed by atoms with Crippen LogP contribution in [0.1, 0.15) is 26.3 Å². The van der Waals surface area contributed by atoms with E-state index in [-0.39, 0.29) is 24.6 Å². The van der Waals surface area contributed by atoms with E-state index in [1.54, 1.807) is 4.90 Å². The Morgan fingerprint density at radius 2 is 1.71 bits per heavy atom. The third-order valence-corrected chi connectivity index (χ3v) is 3.82. The number of ether oxygens (including phenoxy) is 1. The second-order valence-corrected chi connectivity index (χ2v) is 6.88. The summed E-state index contributed by atoms with van der Waals surface area (Å²) in [5.74, 6) is -1.16. The number of nitrogens with zero attached hydrogens (tertiary/aromatic N) is 2. The van der Waals surface area contributed by atoms with E-state index < -0.39 is 17.2 Å². The first-order valence-corrected chi connectivity index (χ1v) is 8.12. The first-order chi connectivity index (χ1) is 11.2. The number of piperazine rings is 1. The van der Waals surface area contributed by atoms with Crippen LogP contribution in [0.15, 0.2) is 12.1 Å². The molecular weight excluding hydrogens is 316 g/mol. The fourth-order valence-corrected chi connectivity index (χ4v) is 2.63. The topological polar surface area (TPSA) is 58.8 Å². The molecule has 0 atom stereocenters. The van der Waals surface area contributed by atoms with Crippen molar-refractivity contribution in [2.75, 3.05) is 37.6 Å². The van der Waals surface area contributed by atoms with Gasteiger partial charge in [-0.15, -0.1) is 0 Å². The van der Waals surface area contributed by atoms with Crippen LogP contribution in [-0.4, -0.2) is 49.3 Å². The Balaban J connectivity index is 2.01. The molecule has 7 heteroatoms. The van der Waals surface area contributed by atoms with Crippen molar-refractivity contribution in [1.29, 1.82) is 0 Å². The fourth-order valence-electron chi connectivity index (χ4n) is 2.63. The van der Waals surface area contributed by atoms with Gasteiger partial charge in [-0.1, -0.05) is 0 Å². The van der Waals surface area contributed by atoms with Gasteiger partial charge < -0.3 is 20.3 Å². The van der Waals surface area contributed by atoms with Crippen molar-refractivity contribution in [3.63, 3.8) is 0 Å². The highest BCUT2D eigenvalue weighted by molar-refractivity contribution is 5.68. The van der Waals surface area contributed by atoms with Crippen LogP contribution in [0.5, 0.6) is 0 Å². The van der Waals surface area contributed by atoms with Gasteiger partial charge in [0.25, 0.3) is 0 Å². The number of hydrogen-bond acceptors (Lipinski definition) is 4. The van der Waals surface area contributed by atoms with Gasteiger partial charge in [0.05, 0.1) is 0 Å². The van der Waals surface area contributed by atoms with Gasteiger partial charge in [0.1, 0.15) is 17.2 Å².